The van der Waals surface area contributed by atoms with Crippen molar-refractivity contribution in [1.82, 2.24) is 0 Å². The van der Waals surface area contributed by atoms with Gasteiger partial charge in [-0.05, 0) is 36.1 Å². The van der Waals surface area contributed by atoms with E-state index in [1.165, 1.54) is 29.5 Å². The number of carbonyl (C=O) groups excluding carboxylic acids is 1. The van der Waals surface area contributed by atoms with Crippen LogP contribution in [0.25, 0.3) is 0 Å². The first-order valence-corrected chi connectivity index (χ1v) is 6.44. The fraction of sp³-hybridized carbons (Fsp3) is 0.154. The highest BCUT2D eigenvalue weighted by Crippen LogP contribution is 2.25. The van der Waals surface area contributed by atoms with Gasteiger partial charge in [-0.3, -0.25) is 4.79 Å². The summed E-state index contributed by atoms with van der Waals surface area (Å²) in [5, 5.41) is 4.31. The summed E-state index contributed by atoms with van der Waals surface area (Å²) >= 11 is 1.27. The van der Waals surface area contributed by atoms with Crippen molar-refractivity contribution in [2.45, 2.75) is 13.3 Å². The van der Waals surface area contributed by atoms with Crippen molar-refractivity contribution in [2.24, 2.45) is 0 Å². The van der Waals surface area contributed by atoms with Crippen LogP contribution in [0.4, 0.5) is 18.9 Å². The Labute approximate surface area is 117 Å². The third kappa shape index (κ3) is 3.74. The van der Waals surface area contributed by atoms with Crippen LogP contribution < -0.4 is 10.1 Å². The van der Waals surface area contributed by atoms with Gasteiger partial charge in [0.25, 0.3) is 5.91 Å². The number of hydrogen-bond donors (Lipinski definition) is 1. The molecule has 0 atom stereocenters. The van der Waals surface area contributed by atoms with Crippen LogP contribution in [-0.2, 0) is 0 Å². The Bertz CT molecular complexity index is 622. The normalized spacial score (nSPS) is 11.2. The number of hydrogen-bond acceptors (Lipinski definition) is 3. The Balaban J connectivity index is 2.12. The summed E-state index contributed by atoms with van der Waals surface area (Å²) < 4.78 is 40.1. The van der Waals surface area contributed by atoms with Crippen LogP contribution in [0.2, 0.25) is 0 Å². The lowest BCUT2D eigenvalue weighted by Crippen LogP contribution is -2.17. The number of carbonyl (C=O) groups is 1. The zero-order chi connectivity index (χ0) is 14.8. The quantitative estimate of drug-likeness (QED) is 0.922. The number of nitrogens with one attached hydrogen (secondary N) is 1. The molecular formula is C13H10F3NO2S. The van der Waals surface area contributed by atoms with E-state index in [0.29, 0.717) is 4.88 Å². The molecule has 1 aromatic heterocycles. The summed E-state index contributed by atoms with van der Waals surface area (Å²) in [4.78, 5) is 12.4. The highest BCUT2D eigenvalue weighted by molar-refractivity contribution is 7.12. The lowest BCUT2D eigenvalue weighted by molar-refractivity contribution is -0.274. The van der Waals surface area contributed by atoms with E-state index in [9.17, 15) is 18.0 Å². The topological polar surface area (TPSA) is 38.3 Å². The maximum Gasteiger partial charge on any atom is 0.573 e. The van der Waals surface area contributed by atoms with Gasteiger partial charge in [0.15, 0.2) is 0 Å². The van der Waals surface area contributed by atoms with Gasteiger partial charge in [-0.25, -0.2) is 0 Å². The van der Waals surface area contributed by atoms with Crippen LogP contribution in [-0.4, -0.2) is 12.3 Å². The van der Waals surface area contributed by atoms with Crippen LogP contribution in [0.1, 0.15) is 15.2 Å². The molecule has 7 heteroatoms. The minimum Gasteiger partial charge on any atom is -0.406 e. The minimum atomic E-state index is -4.76. The number of amides is 1. The van der Waals surface area contributed by atoms with Crippen LogP contribution in [0, 0.1) is 6.92 Å². The molecule has 106 valence electrons. The molecule has 2 aromatic rings. The number of rotatable bonds is 3. The Morgan fingerprint density at radius 2 is 2.05 bits per heavy atom. The average molecular weight is 301 g/mol. The summed E-state index contributed by atoms with van der Waals surface area (Å²) in [5.74, 6) is -0.736. The fourth-order valence-electron chi connectivity index (χ4n) is 1.56. The molecule has 0 aliphatic carbocycles. The lowest BCUT2D eigenvalue weighted by Gasteiger charge is -2.10. The summed E-state index contributed by atoms with van der Waals surface area (Å²) in [7, 11) is 0. The molecule has 0 spiro atoms. The average Bonchev–Trinajstić information content (AvgIpc) is 2.73. The second kappa shape index (κ2) is 5.54. The molecule has 1 N–H and O–H groups in total. The zero-order valence-corrected chi connectivity index (χ0v) is 11.1. The van der Waals surface area contributed by atoms with E-state index in [4.69, 9.17) is 0 Å². The Kier molecular flexibility index (Phi) is 3.99. The molecule has 0 aliphatic heterocycles. The van der Waals surface area contributed by atoms with Crippen LogP contribution >= 0.6 is 11.3 Å². The molecule has 0 saturated heterocycles. The molecule has 1 heterocycles. The molecule has 3 nitrogen and oxygen atoms in total. The van der Waals surface area contributed by atoms with E-state index in [0.717, 1.165) is 11.6 Å². The highest BCUT2D eigenvalue weighted by Gasteiger charge is 2.31. The first-order chi connectivity index (χ1) is 9.35. The van der Waals surface area contributed by atoms with Crippen molar-refractivity contribution in [3.8, 4) is 5.75 Å². The second-order valence-corrected chi connectivity index (χ2v) is 4.88. The van der Waals surface area contributed by atoms with E-state index in [1.54, 1.807) is 18.4 Å². The molecule has 0 unspecified atom stereocenters. The van der Waals surface area contributed by atoms with E-state index in [2.05, 4.69) is 10.1 Å². The van der Waals surface area contributed by atoms with Crippen molar-refractivity contribution >= 4 is 22.9 Å². The van der Waals surface area contributed by atoms with Gasteiger partial charge in [0, 0.05) is 11.8 Å². The predicted octanol–water partition coefficient (Wildman–Crippen LogP) is 4.21. The SMILES string of the molecule is Cc1ccsc1C(=O)Nc1cccc(OC(F)(F)F)c1. The highest BCUT2D eigenvalue weighted by atomic mass is 32.1. The Hall–Kier alpha value is -2.02. The smallest absolute Gasteiger partial charge is 0.406 e. The number of alkyl halides is 3. The first kappa shape index (κ1) is 14.4. The fourth-order valence-corrected chi connectivity index (χ4v) is 2.38. The van der Waals surface area contributed by atoms with Gasteiger partial charge in [0.05, 0.1) is 4.88 Å². The second-order valence-electron chi connectivity index (χ2n) is 3.96. The minimum absolute atomic E-state index is 0.240. The predicted molar refractivity (Wildman–Crippen MR) is 70.1 cm³/mol. The largest absolute Gasteiger partial charge is 0.573 e. The molecule has 0 aliphatic rings. The zero-order valence-electron chi connectivity index (χ0n) is 10.3. The van der Waals surface area contributed by atoms with Gasteiger partial charge >= 0.3 is 6.36 Å². The number of aryl methyl sites for hydroxylation is 1. The Morgan fingerprint density at radius 3 is 2.65 bits per heavy atom. The third-order valence-corrected chi connectivity index (χ3v) is 3.41. The molecular weight excluding hydrogens is 291 g/mol. The van der Waals surface area contributed by atoms with Gasteiger partial charge < -0.3 is 10.1 Å². The number of ether oxygens (including phenoxy) is 1. The van der Waals surface area contributed by atoms with Gasteiger partial charge in [0.2, 0.25) is 0 Å². The van der Waals surface area contributed by atoms with Crippen molar-refractivity contribution in [1.29, 1.82) is 0 Å². The lowest BCUT2D eigenvalue weighted by atomic mass is 10.2. The van der Waals surface area contributed by atoms with Crippen LogP contribution in [0.15, 0.2) is 35.7 Å². The summed E-state index contributed by atoms with van der Waals surface area (Å²) in [6, 6.07) is 6.94. The van der Waals surface area contributed by atoms with Crippen molar-refractivity contribution in [2.75, 3.05) is 5.32 Å². The standard InChI is InChI=1S/C13H10F3NO2S/c1-8-5-6-20-11(8)12(18)17-9-3-2-4-10(7-9)19-13(14,15)16/h2-7H,1H3,(H,17,18). The molecule has 1 aromatic carbocycles. The van der Waals surface area contributed by atoms with Gasteiger partial charge in [-0.1, -0.05) is 6.07 Å². The number of benzene rings is 1. The molecule has 0 bridgehead atoms. The number of halogens is 3. The maximum absolute atomic E-state index is 12.1. The van der Waals surface area contributed by atoms with E-state index in [-0.39, 0.29) is 17.3 Å². The molecule has 20 heavy (non-hydrogen) atoms. The summed E-state index contributed by atoms with van der Waals surface area (Å²) in [5.41, 5.74) is 1.06. The van der Waals surface area contributed by atoms with E-state index < -0.39 is 6.36 Å². The number of anilines is 1. The molecule has 0 fully saturated rings. The van der Waals surface area contributed by atoms with Crippen LogP contribution in [0.5, 0.6) is 5.75 Å². The number of thiophene rings is 1. The molecule has 0 saturated carbocycles. The van der Waals surface area contributed by atoms with Crippen molar-refractivity contribution < 1.29 is 22.7 Å². The third-order valence-electron chi connectivity index (χ3n) is 2.39. The van der Waals surface area contributed by atoms with Crippen molar-refractivity contribution in [3.05, 3.63) is 46.2 Å². The maximum atomic E-state index is 12.1. The van der Waals surface area contributed by atoms with E-state index >= 15 is 0 Å². The summed E-state index contributed by atoms with van der Waals surface area (Å²) in [6.45, 7) is 1.79. The first-order valence-electron chi connectivity index (χ1n) is 5.56. The monoisotopic (exact) mass is 301 g/mol. The Morgan fingerprint density at radius 1 is 1.30 bits per heavy atom. The molecule has 0 radical (unpaired) electrons. The van der Waals surface area contributed by atoms with Gasteiger partial charge in [-0.2, -0.15) is 0 Å². The summed E-state index contributed by atoms with van der Waals surface area (Å²) in [6.07, 6.45) is -4.76. The molecule has 1 amide bonds. The van der Waals surface area contributed by atoms with Crippen LogP contribution in [0.3, 0.4) is 0 Å². The van der Waals surface area contributed by atoms with Crippen molar-refractivity contribution in [3.63, 3.8) is 0 Å². The van der Waals surface area contributed by atoms with Gasteiger partial charge in [0.1, 0.15) is 5.75 Å². The van der Waals surface area contributed by atoms with E-state index in [1.807, 2.05) is 0 Å². The molecule has 2 rings (SSSR count). The van der Waals surface area contributed by atoms with Gasteiger partial charge in [-0.15, -0.1) is 24.5 Å².